The maximum atomic E-state index is 13.8. The van der Waals surface area contributed by atoms with Crippen LogP contribution in [0.5, 0.6) is 5.88 Å². The van der Waals surface area contributed by atoms with Crippen molar-refractivity contribution in [3.63, 3.8) is 0 Å². The number of pyridine rings is 1. The van der Waals surface area contributed by atoms with Crippen molar-refractivity contribution in [3.8, 4) is 23.0 Å². The zero-order valence-electron chi connectivity index (χ0n) is 13.5. The average molecular weight is 462 g/mol. The van der Waals surface area contributed by atoms with Crippen LogP contribution in [0.4, 0.5) is 10.2 Å². The molecule has 0 unspecified atom stereocenters. The van der Waals surface area contributed by atoms with E-state index in [0.29, 0.717) is 38.0 Å². The second-order valence-electron chi connectivity index (χ2n) is 5.39. The van der Waals surface area contributed by atoms with Gasteiger partial charge in [0.05, 0.1) is 19.0 Å². The summed E-state index contributed by atoms with van der Waals surface area (Å²) < 4.78 is 21.1. The van der Waals surface area contributed by atoms with Crippen molar-refractivity contribution in [1.82, 2.24) is 24.5 Å². The van der Waals surface area contributed by atoms with Gasteiger partial charge in [0.2, 0.25) is 5.88 Å². The summed E-state index contributed by atoms with van der Waals surface area (Å²) in [5.74, 6) is 0.878. The molecular weight excluding hydrogens is 450 g/mol. The maximum Gasteiger partial charge on any atom is 0.213 e. The Morgan fingerprint density at radius 2 is 2.00 bits per heavy atom. The van der Waals surface area contributed by atoms with Crippen LogP contribution < -0.4 is 10.5 Å². The second kappa shape index (κ2) is 6.48. The molecule has 2 N–H and O–H groups in total. The Morgan fingerprint density at radius 3 is 2.69 bits per heavy atom. The van der Waals surface area contributed by atoms with E-state index in [1.54, 1.807) is 36.1 Å². The molecule has 0 atom stereocenters. The van der Waals surface area contributed by atoms with E-state index >= 15 is 0 Å². The highest BCUT2D eigenvalue weighted by atomic mass is 127. The van der Waals surface area contributed by atoms with Crippen LogP contribution in [0.15, 0.2) is 42.6 Å². The third-order valence-corrected chi connectivity index (χ3v) is 4.26. The molecule has 4 aromatic rings. The lowest BCUT2D eigenvalue weighted by Gasteiger charge is -2.09. The van der Waals surface area contributed by atoms with Crippen LogP contribution in [-0.4, -0.2) is 31.6 Å². The first-order valence-corrected chi connectivity index (χ1v) is 8.62. The molecule has 0 fully saturated rings. The fourth-order valence-corrected chi connectivity index (χ4v) is 3.13. The molecule has 0 radical (unpaired) electrons. The van der Waals surface area contributed by atoms with Crippen LogP contribution in [0.1, 0.15) is 0 Å². The normalized spacial score (nSPS) is 11.0. The minimum absolute atomic E-state index is 0.261. The molecule has 7 nitrogen and oxygen atoms in total. The molecule has 0 aliphatic rings. The lowest BCUT2D eigenvalue weighted by molar-refractivity contribution is 0.398. The van der Waals surface area contributed by atoms with E-state index in [1.807, 2.05) is 28.7 Å². The number of nitrogen functional groups attached to an aromatic ring is 1. The van der Waals surface area contributed by atoms with Gasteiger partial charge in [0.25, 0.3) is 0 Å². The second-order valence-corrected chi connectivity index (χ2v) is 6.35. The number of benzene rings is 1. The molecule has 130 valence electrons. The molecule has 0 saturated carbocycles. The minimum Gasteiger partial charge on any atom is -0.481 e. The van der Waals surface area contributed by atoms with Gasteiger partial charge in [-0.1, -0.05) is 12.1 Å². The molecular formula is C17H12FIN6O. The summed E-state index contributed by atoms with van der Waals surface area (Å²) in [4.78, 5) is 17.4. The zero-order chi connectivity index (χ0) is 18.3. The summed E-state index contributed by atoms with van der Waals surface area (Å²) >= 11 is 1.99. The highest BCUT2D eigenvalue weighted by Crippen LogP contribution is 2.30. The SMILES string of the molecule is COc1ccc(-n2c(-c3cccc(F)c3)nc3c(N)nc(I)nc32)cn1. The molecule has 0 aliphatic heterocycles. The maximum absolute atomic E-state index is 13.8. The molecule has 3 aromatic heterocycles. The van der Waals surface area contributed by atoms with Crippen molar-refractivity contribution in [1.29, 1.82) is 0 Å². The number of imidazole rings is 1. The van der Waals surface area contributed by atoms with Crippen LogP contribution in [0.25, 0.3) is 28.2 Å². The third kappa shape index (κ3) is 2.83. The average Bonchev–Trinajstić information content (AvgIpc) is 3.01. The van der Waals surface area contributed by atoms with E-state index in [1.165, 1.54) is 12.1 Å². The molecule has 26 heavy (non-hydrogen) atoms. The Hall–Kier alpha value is -2.82. The lowest BCUT2D eigenvalue weighted by atomic mass is 10.2. The van der Waals surface area contributed by atoms with Gasteiger partial charge in [0, 0.05) is 34.2 Å². The number of ether oxygens (including phenoxy) is 1. The van der Waals surface area contributed by atoms with E-state index in [2.05, 4.69) is 19.9 Å². The molecule has 1 aromatic carbocycles. The number of aromatic nitrogens is 5. The van der Waals surface area contributed by atoms with Crippen molar-refractivity contribution < 1.29 is 9.13 Å². The highest BCUT2D eigenvalue weighted by Gasteiger charge is 2.19. The predicted molar refractivity (Wildman–Crippen MR) is 104 cm³/mol. The van der Waals surface area contributed by atoms with E-state index in [4.69, 9.17) is 10.5 Å². The van der Waals surface area contributed by atoms with Crippen molar-refractivity contribution in [3.05, 3.63) is 52.2 Å². The smallest absolute Gasteiger partial charge is 0.213 e. The van der Waals surface area contributed by atoms with E-state index in [9.17, 15) is 4.39 Å². The number of methoxy groups -OCH3 is 1. The summed E-state index contributed by atoms with van der Waals surface area (Å²) in [5.41, 5.74) is 8.28. The van der Waals surface area contributed by atoms with Gasteiger partial charge in [-0.2, -0.15) is 0 Å². The van der Waals surface area contributed by atoms with Crippen molar-refractivity contribution >= 4 is 39.6 Å². The quantitative estimate of drug-likeness (QED) is 0.372. The van der Waals surface area contributed by atoms with E-state index < -0.39 is 0 Å². The Bertz CT molecular complexity index is 1110. The summed E-state index contributed by atoms with van der Waals surface area (Å²) in [7, 11) is 1.54. The topological polar surface area (TPSA) is 91.7 Å². The monoisotopic (exact) mass is 462 g/mol. The lowest BCUT2D eigenvalue weighted by Crippen LogP contribution is -2.02. The molecule has 0 aliphatic carbocycles. The summed E-state index contributed by atoms with van der Waals surface area (Å²) in [6.07, 6.45) is 1.63. The molecule has 3 heterocycles. The first-order chi connectivity index (χ1) is 12.6. The summed E-state index contributed by atoms with van der Waals surface area (Å²) in [6, 6.07) is 9.73. The van der Waals surface area contributed by atoms with Crippen LogP contribution >= 0.6 is 22.6 Å². The number of hydrogen-bond donors (Lipinski definition) is 1. The fraction of sp³-hybridized carbons (Fsp3) is 0.0588. The molecule has 0 saturated heterocycles. The van der Waals surface area contributed by atoms with Gasteiger partial charge in [-0.05, 0) is 18.2 Å². The standard InChI is InChI=1S/C17H12FIN6O/c1-26-12-6-5-11(8-21-12)25-15(9-3-2-4-10(18)7-9)22-13-14(20)23-17(19)24-16(13)25/h2-8H,1H3,(H2,20,23,24). The Labute approximate surface area is 161 Å². The molecule has 0 bridgehead atoms. The number of nitrogens with zero attached hydrogens (tertiary/aromatic N) is 5. The summed E-state index contributed by atoms with van der Waals surface area (Å²) in [6.45, 7) is 0. The molecule has 0 spiro atoms. The molecule has 4 rings (SSSR count). The van der Waals surface area contributed by atoms with Gasteiger partial charge >= 0.3 is 0 Å². The Balaban J connectivity index is 2.05. The first kappa shape index (κ1) is 16.6. The predicted octanol–water partition coefficient (Wildman–Crippen LogP) is 3.21. The van der Waals surface area contributed by atoms with E-state index in [-0.39, 0.29) is 11.6 Å². The van der Waals surface area contributed by atoms with Crippen LogP contribution in [0.2, 0.25) is 0 Å². The van der Waals surface area contributed by atoms with Gasteiger partial charge in [-0.3, -0.25) is 4.57 Å². The zero-order valence-corrected chi connectivity index (χ0v) is 15.7. The third-order valence-electron chi connectivity index (χ3n) is 3.78. The van der Waals surface area contributed by atoms with Gasteiger partial charge in [0.1, 0.15) is 11.6 Å². The number of fused-ring (bicyclic) bond motifs is 1. The molecule has 9 heteroatoms. The van der Waals surface area contributed by atoms with Crippen LogP contribution in [0, 0.1) is 9.65 Å². The van der Waals surface area contributed by atoms with Crippen molar-refractivity contribution in [2.75, 3.05) is 12.8 Å². The number of nitrogens with two attached hydrogens (primary N) is 1. The first-order valence-electron chi connectivity index (χ1n) is 7.54. The number of halogens is 2. The summed E-state index contributed by atoms with van der Waals surface area (Å²) in [5, 5.41) is 0. The Kier molecular flexibility index (Phi) is 4.15. The van der Waals surface area contributed by atoms with Gasteiger partial charge in [-0.25, -0.2) is 24.3 Å². The largest absolute Gasteiger partial charge is 0.481 e. The minimum atomic E-state index is -0.359. The Morgan fingerprint density at radius 1 is 1.15 bits per heavy atom. The van der Waals surface area contributed by atoms with Crippen molar-refractivity contribution in [2.24, 2.45) is 0 Å². The van der Waals surface area contributed by atoms with Crippen LogP contribution in [0.3, 0.4) is 0 Å². The van der Waals surface area contributed by atoms with Gasteiger partial charge in [-0.15, -0.1) is 0 Å². The number of rotatable bonds is 3. The van der Waals surface area contributed by atoms with Gasteiger partial charge < -0.3 is 10.5 Å². The highest BCUT2D eigenvalue weighted by molar-refractivity contribution is 14.1. The van der Waals surface area contributed by atoms with Gasteiger partial charge in [0.15, 0.2) is 20.8 Å². The number of anilines is 1. The molecule has 0 amide bonds. The van der Waals surface area contributed by atoms with Crippen LogP contribution in [-0.2, 0) is 0 Å². The van der Waals surface area contributed by atoms with Crippen molar-refractivity contribution in [2.45, 2.75) is 0 Å². The van der Waals surface area contributed by atoms with E-state index in [0.717, 1.165) is 0 Å². The number of hydrogen-bond acceptors (Lipinski definition) is 6. The fourth-order valence-electron chi connectivity index (χ4n) is 2.64.